The van der Waals surface area contributed by atoms with Gasteiger partial charge in [0.25, 0.3) is 0 Å². The molecule has 0 aliphatic carbocycles. The first-order valence-electron chi connectivity index (χ1n) is 5.75. The van der Waals surface area contributed by atoms with Crippen LogP contribution in [0.4, 0.5) is 0 Å². The SMILES string of the molecule is CC(C)(C)C(=N)/C=C(\NCCO)C(C)(C)C. The van der Waals surface area contributed by atoms with Crippen LogP contribution in [0.5, 0.6) is 0 Å². The lowest BCUT2D eigenvalue weighted by atomic mass is 9.85. The van der Waals surface area contributed by atoms with Crippen LogP contribution in [0, 0.1) is 16.2 Å². The van der Waals surface area contributed by atoms with Crippen molar-refractivity contribution in [3.63, 3.8) is 0 Å². The van der Waals surface area contributed by atoms with Gasteiger partial charge in [-0.3, -0.25) is 0 Å². The van der Waals surface area contributed by atoms with Gasteiger partial charge in [-0.15, -0.1) is 0 Å². The van der Waals surface area contributed by atoms with Crippen LogP contribution in [0.25, 0.3) is 0 Å². The zero-order chi connectivity index (χ0) is 13.0. The number of allylic oxidation sites excluding steroid dienone is 2. The third-order valence-electron chi connectivity index (χ3n) is 2.33. The van der Waals surface area contributed by atoms with Crippen molar-refractivity contribution in [1.82, 2.24) is 5.32 Å². The van der Waals surface area contributed by atoms with E-state index in [4.69, 9.17) is 10.5 Å². The first kappa shape index (κ1) is 15.2. The number of aliphatic hydroxyl groups excluding tert-OH is 1. The molecule has 0 aliphatic rings. The van der Waals surface area contributed by atoms with Crippen LogP contribution in [0.3, 0.4) is 0 Å². The lowest BCUT2D eigenvalue weighted by Crippen LogP contribution is -2.29. The summed E-state index contributed by atoms with van der Waals surface area (Å²) in [5.74, 6) is 0. The number of nitrogens with one attached hydrogen (secondary N) is 2. The predicted octanol–water partition coefficient (Wildman–Crippen LogP) is 2.56. The Kier molecular flexibility index (Phi) is 5.20. The maximum atomic E-state index is 8.83. The van der Waals surface area contributed by atoms with Crippen LogP contribution in [0.1, 0.15) is 41.5 Å². The molecule has 0 aliphatic heterocycles. The standard InChI is InChI=1S/C13H26N2O/c1-12(2,3)10(14)9-11(13(4,5)6)15-7-8-16/h9,14-16H,7-8H2,1-6H3/b11-9-,14-10?. The predicted molar refractivity (Wildman–Crippen MR) is 69.8 cm³/mol. The molecule has 0 saturated heterocycles. The second-order valence-corrected chi connectivity index (χ2v) is 6.12. The summed E-state index contributed by atoms with van der Waals surface area (Å²) in [5.41, 5.74) is 1.42. The summed E-state index contributed by atoms with van der Waals surface area (Å²) in [5, 5.41) is 20.0. The molecule has 0 aromatic carbocycles. The molecular weight excluding hydrogens is 200 g/mol. The Morgan fingerprint density at radius 2 is 1.62 bits per heavy atom. The van der Waals surface area contributed by atoms with E-state index in [2.05, 4.69) is 26.1 Å². The van der Waals surface area contributed by atoms with E-state index in [1.54, 1.807) is 0 Å². The van der Waals surface area contributed by atoms with E-state index in [1.165, 1.54) is 0 Å². The molecule has 0 aromatic heterocycles. The van der Waals surface area contributed by atoms with E-state index < -0.39 is 0 Å². The van der Waals surface area contributed by atoms with Gasteiger partial charge in [-0.2, -0.15) is 0 Å². The van der Waals surface area contributed by atoms with E-state index in [1.807, 2.05) is 26.8 Å². The molecule has 16 heavy (non-hydrogen) atoms. The van der Waals surface area contributed by atoms with Crippen LogP contribution < -0.4 is 5.32 Å². The van der Waals surface area contributed by atoms with Gasteiger partial charge >= 0.3 is 0 Å². The third kappa shape index (κ3) is 5.31. The molecular formula is C13H26N2O. The highest BCUT2D eigenvalue weighted by atomic mass is 16.3. The normalized spacial score (nSPS) is 13.8. The second-order valence-electron chi connectivity index (χ2n) is 6.12. The third-order valence-corrected chi connectivity index (χ3v) is 2.33. The van der Waals surface area contributed by atoms with Gasteiger partial charge in [0.2, 0.25) is 0 Å². The average Bonchev–Trinajstić information content (AvgIpc) is 2.08. The fraction of sp³-hybridized carbons (Fsp3) is 0.769. The quantitative estimate of drug-likeness (QED) is 0.645. The molecule has 0 heterocycles. The zero-order valence-electron chi connectivity index (χ0n) is 11.4. The largest absolute Gasteiger partial charge is 0.395 e. The summed E-state index contributed by atoms with van der Waals surface area (Å²) < 4.78 is 0. The Bertz CT molecular complexity index is 267. The number of hydrogen-bond donors (Lipinski definition) is 3. The van der Waals surface area contributed by atoms with Crippen molar-refractivity contribution in [1.29, 1.82) is 5.41 Å². The van der Waals surface area contributed by atoms with Gasteiger partial charge in [0.1, 0.15) is 0 Å². The summed E-state index contributed by atoms with van der Waals surface area (Å²) in [6.45, 7) is 13.0. The summed E-state index contributed by atoms with van der Waals surface area (Å²) in [7, 11) is 0. The second kappa shape index (κ2) is 5.48. The van der Waals surface area contributed by atoms with Crippen molar-refractivity contribution >= 4 is 5.71 Å². The van der Waals surface area contributed by atoms with Crippen molar-refractivity contribution < 1.29 is 5.11 Å². The van der Waals surface area contributed by atoms with Gasteiger partial charge in [0.15, 0.2) is 0 Å². The highest BCUT2D eigenvalue weighted by Crippen LogP contribution is 2.25. The molecule has 0 radical (unpaired) electrons. The van der Waals surface area contributed by atoms with Crippen molar-refractivity contribution in [3.05, 3.63) is 11.8 Å². The van der Waals surface area contributed by atoms with Gasteiger partial charge in [0.05, 0.1) is 6.61 Å². The lowest BCUT2D eigenvalue weighted by Gasteiger charge is -2.26. The van der Waals surface area contributed by atoms with E-state index in [0.29, 0.717) is 12.3 Å². The van der Waals surface area contributed by atoms with Crippen LogP contribution >= 0.6 is 0 Å². The monoisotopic (exact) mass is 226 g/mol. The Morgan fingerprint density at radius 1 is 1.12 bits per heavy atom. The lowest BCUT2D eigenvalue weighted by molar-refractivity contribution is 0.291. The fourth-order valence-corrected chi connectivity index (χ4v) is 1.08. The van der Waals surface area contributed by atoms with Crippen molar-refractivity contribution in [2.24, 2.45) is 10.8 Å². The molecule has 0 amide bonds. The summed E-state index contributed by atoms with van der Waals surface area (Å²) >= 11 is 0. The molecule has 0 saturated carbocycles. The van der Waals surface area contributed by atoms with E-state index in [0.717, 1.165) is 5.70 Å². The molecule has 0 fully saturated rings. The van der Waals surface area contributed by atoms with Crippen molar-refractivity contribution in [2.45, 2.75) is 41.5 Å². The Hall–Kier alpha value is -0.830. The minimum atomic E-state index is -0.141. The maximum absolute atomic E-state index is 8.83. The van der Waals surface area contributed by atoms with Gasteiger partial charge in [-0.1, -0.05) is 41.5 Å². The smallest absolute Gasteiger partial charge is 0.0604 e. The minimum Gasteiger partial charge on any atom is -0.395 e. The summed E-state index contributed by atoms with van der Waals surface area (Å²) in [6.07, 6.45) is 1.88. The first-order valence-corrected chi connectivity index (χ1v) is 5.75. The van der Waals surface area contributed by atoms with Crippen LogP contribution in [-0.2, 0) is 0 Å². The van der Waals surface area contributed by atoms with Crippen LogP contribution in [0.2, 0.25) is 0 Å². The molecule has 94 valence electrons. The molecule has 0 aromatic rings. The zero-order valence-corrected chi connectivity index (χ0v) is 11.4. The Morgan fingerprint density at radius 3 is 1.94 bits per heavy atom. The molecule has 3 nitrogen and oxygen atoms in total. The van der Waals surface area contributed by atoms with Gasteiger partial charge in [0, 0.05) is 28.8 Å². The summed E-state index contributed by atoms with van der Waals surface area (Å²) in [6, 6.07) is 0. The average molecular weight is 226 g/mol. The van der Waals surface area contributed by atoms with Gasteiger partial charge in [-0.25, -0.2) is 0 Å². The molecule has 0 atom stereocenters. The topological polar surface area (TPSA) is 56.1 Å². The van der Waals surface area contributed by atoms with Gasteiger partial charge < -0.3 is 15.8 Å². The fourth-order valence-electron chi connectivity index (χ4n) is 1.08. The molecule has 0 bridgehead atoms. The van der Waals surface area contributed by atoms with Crippen molar-refractivity contribution in [2.75, 3.05) is 13.2 Å². The number of aliphatic hydroxyl groups is 1. The first-order chi connectivity index (χ1) is 7.09. The van der Waals surface area contributed by atoms with Crippen molar-refractivity contribution in [3.8, 4) is 0 Å². The molecule has 0 rings (SSSR count). The number of hydrogen-bond acceptors (Lipinski definition) is 3. The van der Waals surface area contributed by atoms with E-state index >= 15 is 0 Å². The Balaban J connectivity index is 4.90. The van der Waals surface area contributed by atoms with Crippen LogP contribution in [0.15, 0.2) is 11.8 Å². The molecule has 0 unspecified atom stereocenters. The van der Waals surface area contributed by atoms with E-state index in [9.17, 15) is 0 Å². The minimum absolute atomic E-state index is 0.0350. The Labute approximate surface area is 99.5 Å². The molecule has 3 heteroatoms. The maximum Gasteiger partial charge on any atom is 0.0604 e. The highest BCUT2D eigenvalue weighted by molar-refractivity contribution is 5.96. The summed E-state index contributed by atoms with van der Waals surface area (Å²) in [4.78, 5) is 0. The van der Waals surface area contributed by atoms with E-state index in [-0.39, 0.29) is 17.4 Å². The van der Waals surface area contributed by atoms with Gasteiger partial charge in [-0.05, 0) is 6.08 Å². The molecule has 3 N–H and O–H groups in total. The highest BCUT2D eigenvalue weighted by Gasteiger charge is 2.21. The molecule has 0 spiro atoms. The van der Waals surface area contributed by atoms with Crippen LogP contribution in [-0.4, -0.2) is 24.0 Å². The number of rotatable bonds is 4.